The van der Waals surface area contributed by atoms with Crippen LogP contribution in [0.15, 0.2) is 54.9 Å². The standard InChI is InChI=1S/C27H26ClF6N5O2/c1-25(2,17-12-18(26(29,30)31)14-19(13-17)27(32,33)34)23(40)37(3)20-15-35-24(36-16-20)38-8-10-39(11-9-38)41-22-7-5-4-6-21(22)28/h4-7,12-16H,8-11H2,1-3H3. The summed E-state index contributed by atoms with van der Waals surface area (Å²) in [5, 5.41) is 2.25. The number of anilines is 2. The highest BCUT2D eigenvalue weighted by Crippen LogP contribution is 2.39. The molecule has 0 bridgehead atoms. The molecule has 0 unspecified atom stereocenters. The number of amides is 1. The highest BCUT2D eigenvalue weighted by molar-refractivity contribution is 6.32. The van der Waals surface area contributed by atoms with Gasteiger partial charge in [0, 0.05) is 20.1 Å². The molecule has 0 N–H and O–H groups in total. The Hall–Kier alpha value is -3.58. The highest BCUT2D eigenvalue weighted by atomic mass is 35.5. The largest absolute Gasteiger partial charge is 0.416 e. The predicted octanol–water partition coefficient (Wildman–Crippen LogP) is 6.22. The Morgan fingerprint density at radius 3 is 1.90 bits per heavy atom. The van der Waals surface area contributed by atoms with E-state index in [2.05, 4.69) is 9.97 Å². The lowest BCUT2D eigenvalue weighted by molar-refractivity contribution is -0.143. The van der Waals surface area contributed by atoms with Crippen molar-refractivity contribution in [1.82, 2.24) is 15.0 Å². The van der Waals surface area contributed by atoms with Gasteiger partial charge >= 0.3 is 12.4 Å². The number of carbonyl (C=O) groups excluding carboxylic acids is 1. The van der Waals surface area contributed by atoms with Crippen molar-refractivity contribution in [3.63, 3.8) is 0 Å². The van der Waals surface area contributed by atoms with Gasteiger partial charge < -0.3 is 14.6 Å². The second kappa shape index (κ2) is 11.4. The van der Waals surface area contributed by atoms with Crippen molar-refractivity contribution in [2.24, 2.45) is 0 Å². The molecule has 220 valence electrons. The van der Waals surface area contributed by atoms with Gasteiger partial charge in [-0.25, -0.2) is 9.97 Å². The van der Waals surface area contributed by atoms with Crippen LogP contribution in [0.25, 0.3) is 0 Å². The van der Waals surface area contributed by atoms with E-state index in [1.165, 1.54) is 33.3 Å². The van der Waals surface area contributed by atoms with Gasteiger partial charge in [0.1, 0.15) is 0 Å². The summed E-state index contributed by atoms with van der Waals surface area (Å²) in [7, 11) is 1.35. The molecule has 1 saturated heterocycles. The SMILES string of the molecule is CN(C(=O)C(C)(C)c1cc(C(F)(F)F)cc(C(F)(F)F)c1)c1cnc(N2CCN(Oc3ccccc3Cl)CC2)nc1. The molecule has 1 aliphatic heterocycles. The van der Waals surface area contributed by atoms with Crippen LogP contribution in [-0.2, 0) is 22.6 Å². The van der Waals surface area contributed by atoms with Crippen molar-refractivity contribution in [3.05, 3.63) is 76.6 Å². The molecule has 3 aromatic rings. The van der Waals surface area contributed by atoms with Crippen molar-refractivity contribution < 1.29 is 36.0 Å². The molecule has 41 heavy (non-hydrogen) atoms. The summed E-state index contributed by atoms with van der Waals surface area (Å²) in [6, 6.07) is 8.27. The smallest absolute Gasteiger partial charge is 0.404 e. The number of para-hydroxylation sites is 1. The topological polar surface area (TPSA) is 61.8 Å². The second-order valence-corrected chi connectivity index (χ2v) is 10.4. The van der Waals surface area contributed by atoms with Gasteiger partial charge in [-0.3, -0.25) is 4.79 Å². The van der Waals surface area contributed by atoms with E-state index in [-0.39, 0.29) is 11.8 Å². The molecule has 1 amide bonds. The van der Waals surface area contributed by atoms with E-state index in [1.807, 2.05) is 11.0 Å². The number of hydroxylamine groups is 2. The molecule has 1 aromatic heterocycles. The van der Waals surface area contributed by atoms with Gasteiger partial charge in [-0.15, -0.1) is 5.06 Å². The number of hydrogen-bond acceptors (Lipinski definition) is 6. The number of benzene rings is 2. The van der Waals surface area contributed by atoms with Crippen LogP contribution in [0, 0.1) is 0 Å². The van der Waals surface area contributed by atoms with Crippen LogP contribution >= 0.6 is 11.6 Å². The van der Waals surface area contributed by atoms with Crippen LogP contribution in [0.4, 0.5) is 38.0 Å². The van der Waals surface area contributed by atoms with Crippen LogP contribution < -0.4 is 14.6 Å². The molecule has 14 heteroatoms. The molecule has 0 aliphatic carbocycles. The van der Waals surface area contributed by atoms with Gasteiger partial charge in [-0.2, -0.15) is 26.3 Å². The third-order valence-electron chi connectivity index (χ3n) is 6.75. The minimum Gasteiger partial charge on any atom is -0.404 e. The minimum atomic E-state index is -5.03. The second-order valence-electron chi connectivity index (χ2n) is 9.96. The van der Waals surface area contributed by atoms with E-state index in [4.69, 9.17) is 16.4 Å². The molecule has 4 rings (SSSR count). The summed E-state index contributed by atoms with van der Waals surface area (Å²) in [5.74, 6) is 0.184. The van der Waals surface area contributed by atoms with Crippen LogP contribution in [0.5, 0.6) is 5.75 Å². The van der Waals surface area contributed by atoms with Crippen molar-refractivity contribution in [1.29, 1.82) is 0 Å². The Balaban J connectivity index is 1.46. The molecule has 0 radical (unpaired) electrons. The summed E-state index contributed by atoms with van der Waals surface area (Å²) in [4.78, 5) is 30.8. The van der Waals surface area contributed by atoms with E-state index < -0.39 is 40.4 Å². The number of rotatable bonds is 6. The molecule has 1 aliphatic rings. The molecular weight excluding hydrogens is 576 g/mol. The third kappa shape index (κ3) is 6.84. The fourth-order valence-corrected chi connectivity index (χ4v) is 4.43. The maximum atomic E-state index is 13.4. The highest BCUT2D eigenvalue weighted by Gasteiger charge is 2.41. The fourth-order valence-electron chi connectivity index (χ4n) is 4.26. The first-order valence-corrected chi connectivity index (χ1v) is 12.8. The van der Waals surface area contributed by atoms with E-state index in [0.29, 0.717) is 55.0 Å². The van der Waals surface area contributed by atoms with E-state index in [1.54, 1.807) is 23.3 Å². The maximum absolute atomic E-state index is 13.4. The zero-order valence-corrected chi connectivity index (χ0v) is 23.0. The average Bonchev–Trinajstić information content (AvgIpc) is 2.93. The van der Waals surface area contributed by atoms with Gasteiger partial charge in [0.2, 0.25) is 11.9 Å². The summed E-state index contributed by atoms with van der Waals surface area (Å²) in [5.41, 5.74) is -4.93. The zero-order chi connectivity index (χ0) is 30.2. The minimum absolute atomic E-state index is 0.0308. The number of carbonyl (C=O) groups is 1. The van der Waals surface area contributed by atoms with Gasteiger partial charge in [-0.1, -0.05) is 23.7 Å². The molecule has 2 heterocycles. The first-order valence-electron chi connectivity index (χ1n) is 12.4. The molecular formula is C27H26ClF6N5O2. The van der Waals surface area contributed by atoms with E-state index in [9.17, 15) is 31.1 Å². The van der Waals surface area contributed by atoms with Gasteiger partial charge in [-0.05, 0) is 49.7 Å². The fraction of sp³-hybridized carbons (Fsp3) is 0.370. The van der Waals surface area contributed by atoms with Crippen LogP contribution in [0.1, 0.15) is 30.5 Å². The summed E-state index contributed by atoms with van der Waals surface area (Å²) in [6.07, 6.45) is -7.32. The van der Waals surface area contributed by atoms with Crippen LogP contribution in [-0.4, -0.2) is 54.2 Å². The number of nitrogens with zero attached hydrogens (tertiary/aromatic N) is 5. The molecule has 0 spiro atoms. The Morgan fingerprint density at radius 1 is 0.878 bits per heavy atom. The number of alkyl halides is 6. The quantitative estimate of drug-likeness (QED) is 0.313. The zero-order valence-electron chi connectivity index (χ0n) is 22.2. The summed E-state index contributed by atoms with van der Waals surface area (Å²) >= 11 is 6.14. The van der Waals surface area contributed by atoms with Crippen molar-refractivity contribution in [3.8, 4) is 5.75 Å². The maximum Gasteiger partial charge on any atom is 0.416 e. The molecule has 0 saturated carbocycles. The Morgan fingerprint density at radius 2 is 1.39 bits per heavy atom. The van der Waals surface area contributed by atoms with Crippen molar-refractivity contribution >= 4 is 29.1 Å². The number of piperazine rings is 1. The predicted molar refractivity (Wildman–Crippen MR) is 141 cm³/mol. The summed E-state index contributed by atoms with van der Waals surface area (Å²) < 4.78 is 80.3. The van der Waals surface area contributed by atoms with Gasteiger partial charge in [0.05, 0.1) is 52.7 Å². The monoisotopic (exact) mass is 601 g/mol. The first kappa shape index (κ1) is 30.4. The van der Waals surface area contributed by atoms with Crippen molar-refractivity contribution in [2.45, 2.75) is 31.6 Å². The van der Waals surface area contributed by atoms with E-state index in [0.717, 1.165) is 4.90 Å². The lowest BCUT2D eigenvalue weighted by Crippen LogP contribution is -2.48. The molecule has 0 atom stereocenters. The number of hydrogen-bond donors (Lipinski definition) is 0. The lowest BCUT2D eigenvalue weighted by atomic mass is 9.81. The number of halogens is 7. The Bertz CT molecular complexity index is 1360. The first-order chi connectivity index (χ1) is 19.1. The van der Waals surface area contributed by atoms with Crippen LogP contribution in [0.2, 0.25) is 5.02 Å². The summed E-state index contributed by atoms with van der Waals surface area (Å²) in [6.45, 7) is 4.65. The van der Waals surface area contributed by atoms with Crippen molar-refractivity contribution in [2.75, 3.05) is 43.0 Å². The Kier molecular flexibility index (Phi) is 8.42. The average molecular weight is 602 g/mol. The Labute approximate surface area is 237 Å². The molecule has 2 aromatic carbocycles. The lowest BCUT2D eigenvalue weighted by Gasteiger charge is -2.34. The van der Waals surface area contributed by atoms with Gasteiger partial charge in [0.15, 0.2) is 5.75 Å². The number of likely N-dealkylation sites (N-methyl/N-ethyl adjacent to an activating group) is 1. The molecule has 1 fully saturated rings. The van der Waals surface area contributed by atoms with Crippen LogP contribution in [0.3, 0.4) is 0 Å². The van der Waals surface area contributed by atoms with Gasteiger partial charge in [0.25, 0.3) is 0 Å². The number of aromatic nitrogens is 2. The van der Waals surface area contributed by atoms with E-state index >= 15 is 0 Å². The normalized spacial score (nSPS) is 15.1. The third-order valence-corrected chi connectivity index (χ3v) is 7.06. The molecule has 7 nitrogen and oxygen atoms in total.